The summed E-state index contributed by atoms with van der Waals surface area (Å²) < 4.78 is 3.77. The molecule has 1 N–H and O–H groups in total. The maximum absolute atomic E-state index is 11.8. The quantitative estimate of drug-likeness (QED) is 0.835. The van der Waals surface area contributed by atoms with Crippen molar-refractivity contribution in [3.8, 4) is 0 Å². The molecule has 0 saturated heterocycles. The number of hydrogen-bond acceptors (Lipinski definition) is 5. The van der Waals surface area contributed by atoms with E-state index in [-0.39, 0.29) is 24.2 Å². The molecule has 6 heteroatoms. The van der Waals surface area contributed by atoms with E-state index in [0.29, 0.717) is 10.6 Å². The third kappa shape index (κ3) is 3.89. The topological polar surface area (TPSA) is 72.0 Å². The molecule has 0 aromatic carbocycles. The molecule has 1 heterocycles. The molecule has 0 aliphatic carbocycles. The van der Waals surface area contributed by atoms with Crippen molar-refractivity contribution in [2.75, 3.05) is 6.54 Å². The van der Waals surface area contributed by atoms with Crippen LogP contribution in [0.4, 0.5) is 0 Å². The molecular formula is C11H17N3O2S. The van der Waals surface area contributed by atoms with Crippen molar-refractivity contribution in [1.82, 2.24) is 14.9 Å². The number of hydrogen-bond donors (Lipinski definition) is 1. The van der Waals surface area contributed by atoms with Gasteiger partial charge in [0, 0.05) is 5.92 Å². The second kappa shape index (κ2) is 6.44. The Kier molecular flexibility index (Phi) is 5.21. The van der Waals surface area contributed by atoms with Crippen molar-refractivity contribution in [2.45, 2.75) is 33.6 Å². The number of carbonyl (C=O) groups excluding carboxylic acids is 2. The second-order valence-electron chi connectivity index (χ2n) is 4.10. The Balaban J connectivity index is 2.58. The lowest BCUT2D eigenvalue weighted by molar-refractivity contribution is -0.120. The van der Waals surface area contributed by atoms with Crippen LogP contribution in [0.15, 0.2) is 0 Å². The number of Topliss-reactive ketones (excluding diaryl/α,β-unsaturated/α-hetero) is 1. The molecule has 0 fully saturated rings. The van der Waals surface area contributed by atoms with E-state index >= 15 is 0 Å². The molecule has 0 unspecified atom stereocenters. The molecule has 0 saturated carbocycles. The van der Waals surface area contributed by atoms with E-state index in [2.05, 4.69) is 14.9 Å². The summed E-state index contributed by atoms with van der Waals surface area (Å²) in [5, 5.41) is 6.52. The van der Waals surface area contributed by atoms with Crippen molar-refractivity contribution in [1.29, 1.82) is 0 Å². The van der Waals surface area contributed by atoms with Gasteiger partial charge in [0.25, 0.3) is 5.91 Å². The molecule has 0 spiro atoms. The van der Waals surface area contributed by atoms with Gasteiger partial charge in [-0.1, -0.05) is 31.7 Å². The van der Waals surface area contributed by atoms with Crippen LogP contribution < -0.4 is 5.32 Å². The van der Waals surface area contributed by atoms with E-state index in [9.17, 15) is 9.59 Å². The number of aromatic nitrogens is 2. The van der Waals surface area contributed by atoms with Gasteiger partial charge in [-0.15, -0.1) is 5.10 Å². The lowest BCUT2D eigenvalue weighted by Gasteiger charge is -2.05. The Hall–Kier alpha value is -1.30. The fourth-order valence-electron chi connectivity index (χ4n) is 1.23. The molecule has 0 aliphatic rings. The third-order valence-electron chi connectivity index (χ3n) is 2.32. The van der Waals surface area contributed by atoms with Crippen molar-refractivity contribution in [3.05, 3.63) is 10.6 Å². The van der Waals surface area contributed by atoms with Crippen LogP contribution in [-0.2, 0) is 11.2 Å². The predicted molar refractivity (Wildman–Crippen MR) is 66.1 cm³/mol. The molecule has 0 aliphatic heterocycles. The summed E-state index contributed by atoms with van der Waals surface area (Å²) >= 11 is 1.07. The Bertz CT molecular complexity index is 401. The van der Waals surface area contributed by atoms with Crippen LogP contribution in [0.2, 0.25) is 0 Å². The highest BCUT2D eigenvalue weighted by molar-refractivity contribution is 7.08. The van der Waals surface area contributed by atoms with Gasteiger partial charge in [-0.05, 0) is 18.0 Å². The smallest absolute Gasteiger partial charge is 0.265 e. The normalized spacial score (nSPS) is 10.6. The largest absolute Gasteiger partial charge is 0.344 e. The van der Waals surface area contributed by atoms with Crippen LogP contribution in [0.25, 0.3) is 0 Å². The molecule has 0 radical (unpaired) electrons. The van der Waals surface area contributed by atoms with Gasteiger partial charge < -0.3 is 5.32 Å². The van der Waals surface area contributed by atoms with Gasteiger partial charge in [0.2, 0.25) is 0 Å². The standard InChI is InChI=1S/C11H17N3O2S/c1-4-5-8-10(17-14-13-8)11(16)12-6-9(15)7(2)3/h7H,4-6H2,1-3H3,(H,12,16). The number of nitrogens with zero attached hydrogens (tertiary/aromatic N) is 2. The zero-order valence-electron chi connectivity index (χ0n) is 10.3. The Morgan fingerprint density at radius 3 is 2.71 bits per heavy atom. The van der Waals surface area contributed by atoms with E-state index in [1.54, 1.807) is 0 Å². The van der Waals surface area contributed by atoms with Crippen molar-refractivity contribution in [2.24, 2.45) is 5.92 Å². The third-order valence-corrected chi connectivity index (χ3v) is 3.08. The van der Waals surface area contributed by atoms with Gasteiger partial charge in [0.1, 0.15) is 4.88 Å². The van der Waals surface area contributed by atoms with E-state index in [1.165, 1.54) is 0 Å². The summed E-state index contributed by atoms with van der Waals surface area (Å²) in [7, 11) is 0. The second-order valence-corrected chi connectivity index (χ2v) is 4.86. The van der Waals surface area contributed by atoms with Crippen LogP contribution in [0, 0.1) is 5.92 Å². The van der Waals surface area contributed by atoms with E-state index in [1.807, 2.05) is 20.8 Å². The van der Waals surface area contributed by atoms with Gasteiger partial charge in [0.15, 0.2) is 5.78 Å². The fourth-order valence-corrected chi connectivity index (χ4v) is 1.86. The maximum atomic E-state index is 11.8. The number of ketones is 1. The molecule has 1 aromatic heterocycles. The van der Waals surface area contributed by atoms with E-state index in [4.69, 9.17) is 0 Å². The van der Waals surface area contributed by atoms with Gasteiger partial charge in [-0.2, -0.15) is 0 Å². The van der Waals surface area contributed by atoms with E-state index in [0.717, 1.165) is 24.4 Å². The summed E-state index contributed by atoms with van der Waals surface area (Å²) in [5.74, 6) is -0.296. The fraction of sp³-hybridized carbons (Fsp3) is 0.636. The Labute approximate surface area is 105 Å². The average molecular weight is 255 g/mol. The summed E-state index contributed by atoms with van der Waals surface area (Å²) in [6, 6.07) is 0. The van der Waals surface area contributed by atoms with E-state index < -0.39 is 0 Å². The summed E-state index contributed by atoms with van der Waals surface area (Å²) in [6.45, 7) is 5.71. The first-order chi connectivity index (χ1) is 8.06. The lowest BCUT2D eigenvalue weighted by atomic mass is 10.1. The minimum atomic E-state index is -0.252. The van der Waals surface area contributed by atoms with Crippen LogP contribution in [0.1, 0.15) is 42.6 Å². The highest BCUT2D eigenvalue weighted by Gasteiger charge is 2.16. The Morgan fingerprint density at radius 2 is 2.12 bits per heavy atom. The summed E-state index contributed by atoms with van der Waals surface area (Å²) in [6.07, 6.45) is 1.65. The predicted octanol–water partition coefficient (Wildman–Crippen LogP) is 1.45. The molecule has 5 nitrogen and oxygen atoms in total. The highest BCUT2D eigenvalue weighted by Crippen LogP contribution is 2.12. The lowest BCUT2D eigenvalue weighted by Crippen LogP contribution is -2.31. The van der Waals surface area contributed by atoms with Crippen LogP contribution in [0.5, 0.6) is 0 Å². The van der Waals surface area contributed by atoms with Gasteiger partial charge >= 0.3 is 0 Å². The number of aryl methyl sites for hydroxylation is 1. The van der Waals surface area contributed by atoms with Crippen molar-refractivity contribution in [3.63, 3.8) is 0 Å². The number of carbonyl (C=O) groups is 2. The van der Waals surface area contributed by atoms with Crippen LogP contribution in [-0.4, -0.2) is 27.8 Å². The minimum Gasteiger partial charge on any atom is -0.344 e. The molecular weight excluding hydrogens is 238 g/mol. The summed E-state index contributed by atoms with van der Waals surface area (Å²) in [4.78, 5) is 23.7. The highest BCUT2D eigenvalue weighted by atomic mass is 32.1. The molecule has 94 valence electrons. The minimum absolute atomic E-state index is 0.0212. The zero-order valence-corrected chi connectivity index (χ0v) is 11.1. The van der Waals surface area contributed by atoms with Gasteiger partial charge in [0.05, 0.1) is 12.2 Å². The molecule has 1 aromatic rings. The summed E-state index contributed by atoms with van der Waals surface area (Å²) in [5.41, 5.74) is 0.715. The number of amides is 1. The molecule has 17 heavy (non-hydrogen) atoms. The maximum Gasteiger partial charge on any atom is 0.265 e. The Morgan fingerprint density at radius 1 is 1.41 bits per heavy atom. The SMILES string of the molecule is CCCc1nnsc1C(=O)NCC(=O)C(C)C. The van der Waals surface area contributed by atoms with Crippen LogP contribution >= 0.6 is 11.5 Å². The number of nitrogens with one attached hydrogen (secondary N) is 1. The van der Waals surface area contributed by atoms with Gasteiger partial charge in [-0.25, -0.2) is 0 Å². The first-order valence-electron chi connectivity index (χ1n) is 5.68. The first kappa shape index (κ1) is 13.8. The monoisotopic (exact) mass is 255 g/mol. The van der Waals surface area contributed by atoms with Crippen LogP contribution in [0.3, 0.4) is 0 Å². The van der Waals surface area contributed by atoms with Gasteiger partial charge in [-0.3, -0.25) is 9.59 Å². The zero-order chi connectivity index (χ0) is 12.8. The average Bonchev–Trinajstić information content (AvgIpc) is 2.74. The molecule has 0 atom stereocenters. The van der Waals surface area contributed by atoms with Crippen molar-refractivity contribution < 1.29 is 9.59 Å². The first-order valence-corrected chi connectivity index (χ1v) is 6.45. The molecule has 1 amide bonds. The number of rotatable bonds is 6. The molecule has 0 bridgehead atoms. The molecule has 1 rings (SSSR count). The van der Waals surface area contributed by atoms with Crippen molar-refractivity contribution >= 4 is 23.2 Å².